The van der Waals surface area contributed by atoms with Crippen LogP contribution in [0.5, 0.6) is 0 Å². The van der Waals surface area contributed by atoms with E-state index in [-0.39, 0.29) is 11.1 Å². The first-order valence-corrected chi connectivity index (χ1v) is 7.52. The van der Waals surface area contributed by atoms with Crippen molar-refractivity contribution in [1.29, 1.82) is 0 Å². The third-order valence-electron chi connectivity index (χ3n) is 3.41. The van der Waals surface area contributed by atoms with Crippen molar-refractivity contribution in [3.05, 3.63) is 89.1 Å². The van der Waals surface area contributed by atoms with Gasteiger partial charge in [-0.3, -0.25) is 4.79 Å². The van der Waals surface area contributed by atoms with Crippen molar-refractivity contribution in [2.45, 2.75) is 5.92 Å². The first kappa shape index (κ1) is 15.2. The van der Waals surface area contributed by atoms with E-state index in [4.69, 9.17) is 11.6 Å². The minimum Gasteiger partial charge on any atom is -0.308 e. The molecule has 1 N–H and O–H groups in total. The molecule has 0 saturated carbocycles. The highest BCUT2D eigenvalue weighted by Gasteiger charge is 2.22. The zero-order valence-corrected chi connectivity index (χ0v) is 12.9. The van der Waals surface area contributed by atoms with Gasteiger partial charge in [0, 0.05) is 0 Å². The molecule has 5 heteroatoms. The number of carbonyl (C=O) groups excluding carboxylic acids is 1. The lowest BCUT2D eigenvalue weighted by molar-refractivity contribution is -0.116. The van der Waals surface area contributed by atoms with Crippen LogP contribution < -0.4 is 5.32 Å². The molecule has 1 amide bonds. The van der Waals surface area contributed by atoms with E-state index in [1.54, 1.807) is 12.1 Å². The summed E-state index contributed by atoms with van der Waals surface area (Å²) in [6, 6.07) is 22.5. The van der Waals surface area contributed by atoms with E-state index in [1.165, 1.54) is 0 Å². The number of aromatic nitrogens is 2. The van der Waals surface area contributed by atoms with E-state index in [9.17, 15) is 4.79 Å². The Morgan fingerprint density at radius 1 is 0.826 bits per heavy atom. The van der Waals surface area contributed by atoms with Crippen LogP contribution in [-0.4, -0.2) is 16.1 Å². The summed E-state index contributed by atoms with van der Waals surface area (Å²) in [4.78, 5) is 12.8. The smallest absolute Gasteiger partial charge is 0.237 e. The van der Waals surface area contributed by atoms with E-state index in [1.807, 2.05) is 60.7 Å². The molecule has 0 bridgehead atoms. The molecule has 23 heavy (non-hydrogen) atoms. The quantitative estimate of drug-likeness (QED) is 0.792. The van der Waals surface area contributed by atoms with Gasteiger partial charge in [-0.05, 0) is 23.3 Å². The molecule has 3 aromatic rings. The van der Waals surface area contributed by atoms with Crippen LogP contribution in [0.1, 0.15) is 17.0 Å². The summed E-state index contributed by atoms with van der Waals surface area (Å²) in [6.07, 6.45) is 0. The molecule has 0 fully saturated rings. The molecule has 0 aliphatic rings. The fourth-order valence-electron chi connectivity index (χ4n) is 2.37. The summed E-state index contributed by atoms with van der Waals surface area (Å²) in [7, 11) is 0. The Kier molecular flexibility index (Phi) is 4.64. The molecule has 0 aliphatic heterocycles. The fraction of sp³-hybridized carbons (Fsp3) is 0.0556. The number of anilines is 1. The lowest BCUT2D eigenvalue weighted by atomic mass is 9.90. The number of rotatable bonds is 4. The standard InChI is InChI=1S/C18H14ClN3O/c19-15-11-12-16(22-21-15)20-18(23)17(13-7-3-1-4-8-13)14-9-5-2-6-10-14/h1-12,17H,(H,20,22,23). The van der Waals surface area contributed by atoms with Crippen LogP contribution in [0.25, 0.3) is 0 Å². The monoisotopic (exact) mass is 323 g/mol. The second kappa shape index (κ2) is 7.03. The number of halogens is 1. The molecule has 0 unspecified atom stereocenters. The van der Waals surface area contributed by atoms with E-state index in [0.29, 0.717) is 5.82 Å². The van der Waals surface area contributed by atoms with Crippen molar-refractivity contribution in [2.24, 2.45) is 0 Å². The molecule has 3 rings (SSSR count). The van der Waals surface area contributed by atoms with Gasteiger partial charge in [-0.1, -0.05) is 72.3 Å². The predicted octanol–water partition coefficient (Wildman–Crippen LogP) is 3.90. The van der Waals surface area contributed by atoms with Crippen molar-refractivity contribution in [2.75, 3.05) is 5.32 Å². The van der Waals surface area contributed by atoms with Crippen LogP contribution in [-0.2, 0) is 4.79 Å². The zero-order valence-electron chi connectivity index (χ0n) is 12.2. The van der Waals surface area contributed by atoms with Crippen LogP contribution in [0.15, 0.2) is 72.8 Å². The van der Waals surface area contributed by atoms with Crippen molar-refractivity contribution >= 4 is 23.3 Å². The van der Waals surface area contributed by atoms with E-state index < -0.39 is 5.92 Å². The minimum atomic E-state index is -0.421. The maximum absolute atomic E-state index is 12.8. The summed E-state index contributed by atoms with van der Waals surface area (Å²) in [6.45, 7) is 0. The molecule has 0 aliphatic carbocycles. The normalized spacial score (nSPS) is 10.5. The summed E-state index contributed by atoms with van der Waals surface area (Å²) in [5, 5.41) is 10.7. The molecule has 1 aromatic heterocycles. The van der Waals surface area contributed by atoms with Crippen LogP contribution in [0.3, 0.4) is 0 Å². The highest BCUT2D eigenvalue weighted by molar-refractivity contribution is 6.29. The Bertz CT molecular complexity index is 737. The van der Waals surface area contributed by atoms with Crippen molar-refractivity contribution < 1.29 is 4.79 Å². The van der Waals surface area contributed by atoms with Crippen molar-refractivity contribution in [3.8, 4) is 0 Å². The molecule has 0 radical (unpaired) electrons. The zero-order chi connectivity index (χ0) is 16.1. The molecule has 1 heterocycles. The largest absolute Gasteiger partial charge is 0.308 e. The Labute approximate surface area is 139 Å². The Balaban J connectivity index is 1.92. The predicted molar refractivity (Wildman–Crippen MR) is 90.4 cm³/mol. The molecule has 2 aromatic carbocycles. The van der Waals surface area contributed by atoms with Crippen molar-refractivity contribution in [3.63, 3.8) is 0 Å². The van der Waals surface area contributed by atoms with Crippen LogP contribution >= 0.6 is 11.6 Å². The first-order chi connectivity index (χ1) is 11.2. The number of hydrogen-bond donors (Lipinski definition) is 1. The second-order valence-corrected chi connectivity index (χ2v) is 5.37. The van der Waals surface area contributed by atoms with E-state index in [0.717, 1.165) is 11.1 Å². The van der Waals surface area contributed by atoms with Gasteiger partial charge in [0.1, 0.15) is 0 Å². The molecular weight excluding hydrogens is 310 g/mol. The highest BCUT2D eigenvalue weighted by Crippen LogP contribution is 2.26. The summed E-state index contributed by atoms with van der Waals surface area (Å²) < 4.78 is 0. The number of amides is 1. The third kappa shape index (κ3) is 3.73. The Morgan fingerprint density at radius 3 is 1.87 bits per heavy atom. The van der Waals surface area contributed by atoms with E-state index >= 15 is 0 Å². The van der Waals surface area contributed by atoms with Gasteiger partial charge in [0.2, 0.25) is 5.91 Å². The lowest BCUT2D eigenvalue weighted by Gasteiger charge is -2.17. The summed E-state index contributed by atoms with van der Waals surface area (Å²) in [5.74, 6) is -0.217. The number of nitrogens with zero attached hydrogens (tertiary/aromatic N) is 2. The van der Waals surface area contributed by atoms with Gasteiger partial charge in [0.15, 0.2) is 11.0 Å². The number of carbonyl (C=O) groups is 1. The summed E-state index contributed by atoms with van der Waals surface area (Å²) in [5.41, 5.74) is 1.83. The molecule has 0 spiro atoms. The molecule has 4 nitrogen and oxygen atoms in total. The van der Waals surface area contributed by atoms with Gasteiger partial charge in [-0.2, -0.15) is 0 Å². The van der Waals surface area contributed by atoms with Crippen molar-refractivity contribution in [1.82, 2.24) is 10.2 Å². The van der Waals surface area contributed by atoms with Crippen LogP contribution in [0, 0.1) is 0 Å². The number of benzene rings is 2. The maximum Gasteiger partial charge on any atom is 0.237 e. The Morgan fingerprint density at radius 2 is 1.39 bits per heavy atom. The average Bonchev–Trinajstić information content (AvgIpc) is 2.59. The van der Waals surface area contributed by atoms with E-state index in [2.05, 4.69) is 15.5 Å². The second-order valence-electron chi connectivity index (χ2n) is 4.98. The van der Waals surface area contributed by atoms with Gasteiger partial charge >= 0.3 is 0 Å². The lowest BCUT2D eigenvalue weighted by Crippen LogP contribution is -2.22. The average molecular weight is 324 g/mol. The van der Waals surface area contributed by atoms with Gasteiger partial charge < -0.3 is 5.32 Å². The number of hydrogen-bond acceptors (Lipinski definition) is 3. The van der Waals surface area contributed by atoms with Gasteiger partial charge in [0.05, 0.1) is 5.92 Å². The summed E-state index contributed by atoms with van der Waals surface area (Å²) >= 11 is 5.72. The number of nitrogens with one attached hydrogen (secondary N) is 1. The van der Waals surface area contributed by atoms with Gasteiger partial charge in [-0.25, -0.2) is 0 Å². The molecular formula is C18H14ClN3O. The SMILES string of the molecule is O=C(Nc1ccc(Cl)nn1)C(c1ccccc1)c1ccccc1. The topological polar surface area (TPSA) is 54.9 Å². The Hall–Kier alpha value is -2.72. The molecule has 114 valence electrons. The molecule has 0 saturated heterocycles. The first-order valence-electron chi connectivity index (χ1n) is 7.14. The molecule has 0 atom stereocenters. The fourth-order valence-corrected chi connectivity index (χ4v) is 2.47. The van der Waals surface area contributed by atoms with Crippen LogP contribution in [0.2, 0.25) is 5.15 Å². The van der Waals surface area contributed by atoms with Crippen LogP contribution in [0.4, 0.5) is 5.82 Å². The van der Waals surface area contributed by atoms with Gasteiger partial charge in [-0.15, -0.1) is 10.2 Å². The minimum absolute atomic E-state index is 0.168. The highest BCUT2D eigenvalue weighted by atomic mass is 35.5. The maximum atomic E-state index is 12.8. The third-order valence-corrected chi connectivity index (χ3v) is 3.61. The van der Waals surface area contributed by atoms with Gasteiger partial charge in [0.25, 0.3) is 0 Å².